The van der Waals surface area contributed by atoms with Crippen LogP contribution in [0.15, 0.2) is 30.3 Å². The molecular formula is C14H20N2O4. The van der Waals surface area contributed by atoms with Gasteiger partial charge >= 0.3 is 11.9 Å². The van der Waals surface area contributed by atoms with Gasteiger partial charge in [-0.1, -0.05) is 18.2 Å². The normalized spacial score (nSPS) is 18.6. The fraction of sp³-hybridized carbons (Fsp3) is 0.429. The van der Waals surface area contributed by atoms with Gasteiger partial charge < -0.3 is 20.9 Å². The summed E-state index contributed by atoms with van der Waals surface area (Å²) < 4.78 is 4.91. The Bertz CT molecular complexity index is 428. The van der Waals surface area contributed by atoms with E-state index in [2.05, 4.69) is 5.32 Å². The van der Waals surface area contributed by atoms with Crippen molar-refractivity contribution in [3.63, 3.8) is 0 Å². The zero-order valence-electron chi connectivity index (χ0n) is 11.4. The molecule has 0 amide bonds. The van der Waals surface area contributed by atoms with E-state index in [4.69, 9.17) is 15.6 Å². The highest BCUT2D eigenvalue weighted by Crippen LogP contribution is 2.08. The van der Waals surface area contributed by atoms with E-state index in [0.717, 1.165) is 19.4 Å². The molecule has 0 aromatic heterocycles. The van der Waals surface area contributed by atoms with Gasteiger partial charge in [-0.3, -0.25) is 4.79 Å². The molecule has 20 heavy (non-hydrogen) atoms. The lowest BCUT2D eigenvalue weighted by Crippen LogP contribution is -2.30. The Hall–Kier alpha value is -1.92. The number of carbonyl (C=O) groups excluding carboxylic acids is 1. The first-order valence-electron chi connectivity index (χ1n) is 6.49. The Kier molecular flexibility index (Phi) is 6.69. The van der Waals surface area contributed by atoms with Crippen molar-refractivity contribution >= 4 is 11.9 Å². The first kappa shape index (κ1) is 16.1. The number of carboxylic acids is 1. The number of benzene rings is 1. The lowest BCUT2D eigenvalue weighted by atomic mass is 10.2. The lowest BCUT2D eigenvalue weighted by molar-refractivity contribution is -0.139. The third-order valence-electron chi connectivity index (χ3n) is 2.69. The maximum Gasteiger partial charge on any atom is 0.328 e. The zero-order chi connectivity index (χ0) is 15.0. The summed E-state index contributed by atoms with van der Waals surface area (Å²) >= 11 is 0. The molecule has 0 aliphatic carbocycles. The van der Waals surface area contributed by atoms with Crippen molar-refractivity contribution in [2.75, 3.05) is 6.54 Å². The first-order valence-corrected chi connectivity index (χ1v) is 6.49. The monoisotopic (exact) mass is 280 g/mol. The number of carboxylic acid groups (broad SMARTS) is 1. The topological polar surface area (TPSA) is 102 Å². The molecule has 1 aromatic carbocycles. The predicted octanol–water partition coefficient (Wildman–Crippen LogP) is 0.762. The number of esters is 1. The summed E-state index contributed by atoms with van der Waals surface area (Å²) in [6, 6.07) is 8.01. The first-order chi connectivity index (χ1) is 9.50. The largest absolute Gasteiger partial charge is 0.480 e. The van der Waals surface area contributed by atoms with Crippen LogP contribution in [0.4, 0.5) is 0 Å². The van der Waals surface area contributed by atoms with Gasteiger partial charge in [0.15, 0.2) is 0 Å². The van der Waals surface area contributed by atoms with Crippen molar-refractivity contribution in [3.05, 3.63) is 30.3 Å². The van der Waals surface area contributed by atoms with E-state index in [0.29, 0.717) is 5.75 Å². The van der Waals surface area contributed by atoms with Gasteiger partial charge in [-0.15, -0.1) is 0 Å². The molecule has 6 heteroatoms. The second-order valence-corrected chi connectivity index (χ2v) is 4.51. The lowest BCUT2D eigenvalue weighted by Gasteiger charge is -2.05. The van der Waals surface area contributed by atoms with Crippen molar-refractivity contribution in [3.8, 4) is 5.75 Å². The molecule has 2 atom stereocenters. The number of hydrogen-bond acceptors (Lipinski definition) is 5. The van der Waals surface area contributed by atoms with Gasteiger partial charge in [-0.25, -0.2) is 4.79 Å². The minimum Gasteiger partial charge on any atom is -0.480 e. The number of rotatable bonds is 3. The van der Waals surface area contributed by atoms with E-state index in [9.17, 15) is 9.59 Å². The van der Waals surface area contributed by atoms with Crippen LogP contribution in [-0.4, -0.2) is 35.7 Å². The Morgan fingerprint density at radius 2 is 2.05 bits per heavy atom. The summed E-state index contributed by atoms with van der Waals surface area (Å²) in [5, 5.41) is 11.2. The summed E-state index contributed by atoms with van der Waals surface area (Å²) in [5.74, 6) is -0.608. The van der Waals surface area contributed by atoms with Gasteiger partial charge in [0.05, 0.1) is 0 Å². The van der Waals surface area contributed by atoms with Crippen LogP contribution in [0.3, 0.4) is 0 Å². The molecule has 6 nitrogen and oxygen atoms in total. The third-order valence-corrected chi connectivity index (χ3v) is 2.69. The standard InChI is InChI=1S/C9H11NO2.C5H9NO2/c1-7(10)9(11)12-8-5-3-2-4-6-8;7-5(8)4-2-1-3-6-4/h2-7H,10H2,1H3;4,6H,1-3H2,(H,7,8)/t7-;4-/m00/s1. The smallest absolute Gasteiger partial charge is 0.328 e. The van der Waals surface area contributed by atoms with Crippen LogP contribution in [0.2, 0.25) is 0 Å². The Morgan fingerprint density at radius 3 is 2.45 bits per heavy atom. The van der Waals surface area contributed by atoms with Crippen LogP contribution in [-0.2, 0) is 9.59 Å². The molecule has 1 saturated heterocycles. The zero-order valence-corrected chi connectivity index (χ0v) is 11.4. The van der Waals surface area contributed by atoms with Crippen molar-refractivity contribution < 1.29 is 19.4 Å². The summed E-state index contributed by atoms with van der Waals surface area (Å²) in [7, 11) is 0. The van der Waals surface area contributed by atoms with Gasteiger partial charge in [0.1, 0.15) is 17.8 Å². The predicted molar refractivity (Wildman–Crippen MR) is 74.4 cm³/mol. The number of carbonyl (C=O) groups is 2. The molecule has 1 fully saturated rings. The van der Waals surface area contributed by atoms with E-state index < -0.39 is 18.0 Å². The van der Waals surface area contributed by atoms with Crippen molar-refractivity contribution in [2.45, 2.75) is 31.8 Å². The van der Waals surface area contributed by atoms with Gasteiger partial charge in [0.2, 0.25) is 0 Å². The number of nitrogens with two attached hydrogens (primary N) is 1. The second-order valence-electron chi connectivity index (χ2n) is 4.51. The molecule has 1 aliphatic rings. The van der Waals surface area contributed by atoms with Crippen LogP contribution in [0.1, 0.15) is 19.8 Å². The van der Waals surface area contributed by atoms with E-state index in [1.165, 1.54) is 0 Å². The number of ether oxygens (including phenoxy) is 1. The van der Waals surface area contributed by atoms with Crippen molar-refractivity contribution in [1.82, 2.24) is 5.32 Å². The number of aliphatic carboxylic acids is 1. The maximum atomic E-state index is 11.0. The average molecular weight is 280 g/mol. The van der Waals surface area contributed by atoms with Gasteiger partial charge in [-0.2, -0.15) is 0 Å². The molecule has 4 N–H and O–H groups in total. The van der Waals surface area contributed by atoms with E-state index >= 15 is 0 Å². The molecule has 1 heterocycles. The Morgan fingerprint density at radius 1 is 1.40 bits per heavy atom. The van der Waals surface area contributed by atoms with E-state index in [1.807, 2.05) is 6.07 Å². The molecule has 2 rings (SSSR count). The molecule has 0 unspecified atom stereocenters. The summed E-state index contributed by atoms with van der Waals surface area (Å²) in [5.41, 5.74) is 5.31. The number of para-hydroxylation sites is 1. The molecule has 1 aromatic rings. The SMILES string of the molecule is C[C@H](N)C(=O)Oc1ccccc1.O=C(O)[C@@H]1CCCN1. The number of hydrogen-bond donors (Lipinski definition) is 3. The fourth-order valence-electron chi connectivity index (χ4n) is 1.59. The minimum atomic E-state index is -0.720. The highest BCUT2D eigenvalue weighted by atomic mass is 16.5. The molecule has 1 aliphatic heterocycles. The molecular weight excluding hydrogens is 260 g/mol. The fourth-order valence-corrected chi connectivity index (χ4v) is 1.59. The molecule has 0 bridgehead atoms. The van der Waals surface area contributed by atoms with Crippen LogP contribution in [0, 0.1) is 0 Å². The molecule has 0 saturated carbocycles. The Labute approximate surface area is 117 Å². The van der Waals surface area contributed by atoms with Gasteiger partial charge in [0.25, 0.3) is 0 Å². The third kappa shape index (κ3) is 5.81. The minimum absolute atomic E-state index is 0.269. The average Bonchev–Trinajstić information content (AvgIpc) is 2.94. The quantitative estimate of drug-likeness (QED) is 0.558. The number of nitrogens with one attached hydrogen (secondary N) is 1. The maximum absolute atomic E-state index is 11.0. The van der Waals surface area contributed by atoms with Gasteiger partial charge in [-0.05, 0) is 38.4 Å². The molecule has 0 spiro atoms. The Balaban J connectivity index is 0.000000217. The molecule has 110 valence electrons. The second kappa shape index (κ2) is 8.29. The van der Waals surface area contributed by atoms with E-state index in [1.54, 1.807) is 31.2 Å². The highest BCUT2D eigenvalue weighted by molar-refractivity contribution is 5.77. The van der Waals surface area contributed by atoms with Crippen molar-refractivity contribution in [1.29, 1.82) is 0 Å². The molecule has 0 radical (unpaired) electrons. The summed E-state index contributed by atoms with van der Waals surface area (Å²) in [6.07, 6.45) is 1.78. The highest BCUT2D eigenvalue weighted by Gasteiger charge is 2.20. The summed E-state index contributed by atoms with van der Waals surface area (Å²) in [4.78, 5) is 21.1. The van der Waals surface area contributed by atoms with E-state index in [-0.39, 0.29) is 6.04 Å². The van der Waals surface area contributed by atoms with Crippen LogP contribution in [0.25, 0.3) is 0 Å². The van der Waals surface area contributed by atoms with Crippen LogP contribution < -0.4 is 15.8 Å². The summed E-state index contributed by atoms with van der Waals surface area (Å²) in [6.45, 7) is 2.45. The van der Waals surface area contributed by atoms with Gasteiger partial charge in [0, 0.05) is 0 Å². The van der Waals surface area contributed by atoms with Crippen molar-refractivity contribution in [2.24, 2.45) is 5.73 Å². The van der Waals surface area contributed by atoms with Crippen LogP contribution in [0.5, 0.6) is 5.75 Å². The van der Waals surface area contributed by atoms with Crippen LogP contribution >= 0.6 is 0 Å².